The van der Waals surface area contributed by atoms with Crippen molar-refractivity contribution in [3.63, 3.8) is 0 Å². The number of esters is 1. The maximum atomic E-state index is 13.1. The molecule has 4 aliphatic rings. The number of hydrogen-bond donors (Lipinski definition) is 2. The third-order valence-corrected chi connectivity index (χ3v) is 7.62. The van der Waals surface area contributed by atoms with Gasteiger partial charge in [-0.15, -0.1) is 0 Å². The highest BCUT2D eigenvalue weighted by Crippen LogP contribution is 2.59. The van der Waals surface area contributed by atoms with Crippen LogP contribution in [0.4, 0.5) is 0 Å². The predicted octanol–water partition coefficient (Wildman–Crippen LogP) is 2.16. The molecule has 158 valence electrons. The molecule has 1 aromatic rings. The van der Waals surface area contributed by atoms with E-state index in [0.29, 0.717) is 18.5 Å². The average molecular weight is 411 g/mol. The first-order valence-electron chi connectivity index (χ1n) is 10.2. The van der Waals surface area contributed by atoms with Crippen LogP contribution >= 0.6 is 0 Å². The molecule has 7 nitrogen and oxygen atoms in total. The van der Waals surface area contributed by atoms with Crippen LogP contribution in [0.15, 0.2) is 42.5 Å². The Hall–Kier alpha value is -2.64. The first-order valence-corrected chi connectivity index (χ1v) is 10.2. The van der Waals surface area contributed by atoms with E-state index in [4.69, 9.17) is 14.3 Å². The van der Waals surface area contributed by atoms with Crippen LogP contribution in [0.5, 0.6) is 5.75 Å². The molecule has 1 aromatic carbocycles. The zero-order chi connectivity index (χ0) is 21.3. The molecule has 0 bridgehead atoms. The monoisotopic (exact) mass is 411 g/mol. The molecule has 2 aliphatic heterocycles. The van der Waals surface area contributed by atoms with Crippen molar-refractivity contribution in [3.05, 3.63) is 48.1 Å². The molecule has 0 aromatic heterocycles. The second-order valence-corrected chi connectivity index (χ2v) is 8.92. The molecule has 7 heteroatoms. The summed E-state index contributed by atoms with van der Waals surface area (Å²) in [5, 5.41) is 11.5. The van der Waals surface area contributed by atoms with Gasteiger partial charge in [0, 0.05) is 5.92 Å². The summed E-state index contributed by atoms with van der Waals surface area (Å²) in [5.41, 5.74) is 0.447. The Labute approximate surface area is 174 Å². The number of aliphatic hydroxyl groups is 1. The first kappa shape index (κ1) is 19.3. The van der Waals surface area contributed by atoms with Gasteiger partial charge in [-0.3, -0.25) is 15.1 Å². The number of ether oxygens (including phenoxy) is 2. The van der Waals surface area contributed by atoms with Crippen molar-refractivity contribution in [3.8, 4) is 5.75 Å². The molecule has 6 atom stereocenters. The minimum absolute atomic E-state index is 0.161. The Balaban J connectivity index is 1.56. The van der Waals surface area contributed by atoms with E-state index in [0.717, 1.165) is 11.3 Å². The highest BCUT2D eigenvalue weighted by Gasteiger charge is 2.72. The van der Waals surface area contributed by atoms with Crippen LogP contribution in [-0.4, -0.2) is 41.3 Å². The number of ketones is 1. The largest absolute Gasteiger partial charge is 0.497 e. The molecule has 0 radical (unpaired) electrons. The lowest BCUT2D eigenvalue weighted by Gasteiger charge is -2.43. The van der Waals surface area contributed by atoms with Gasteiger partial charge in [-0.25, -0.2) is 4.79 Å². The van der Waals surface area contributed by atoms with Crippen molar-refractivity contribution in [2.24, 2.45) is 17.3 Å². The summed E-state index contributed by atoms with van der Waals surface area (Å²) in [6.45, 7) is 3.64. The van der Waals surface area contributed by atoms with Crippen LogP contribution in [-0.2, 0) is 19.2 Å². The average Bonchev–Trinajstić information content (AvgIpc) is 3.37. The zero-order valence-electron chi connectivity index (χ0n) is 17.2. The van der Waals surface area contributed by atoms with Gasteiger partial charge in [-0.2, -0.15) is 0 Å². The Kier molecular flexibility index (Phi) is 3.98. The number of fused-ring (bicyclic) bond motifs is 4. The molecule has 1 saturated heterocycles. The highest BCUT2D eigenvalue weighted by atomic mass is 16.7. The number of rotatable bonds is 2. The van der Waals surface area contributed by atoms with Crippen molar-refractivity contribution < 1.29 is 29.0 Å². The lowest BCUT2D eigenvalue weighted by Crippen LogP contribution is -2.57. The fourth-order valence-corrected chi connectivity index (χ4v) is 5.60. The minimum Gasteiger partial charge on any atom is -0.497 e. The van der Waals surface area contributed by atoms with E-state index in [1.54, 1.807) is 26.2 Å². The van der Waals surface area contributed by atoms with E-state index in [1.165, 1.54) is 6.08 Å². The summed E-state index contributed by atoms with van der Waals surface area (Å²) in [7, 11) is 1.60. The second kappa shape index (κ2) is 6.18. The summed E-state index contributed by atoms with van der Waals surface area (Å²) >= 11 is 0. The number of carbonyl (C=O) groups excluding carboxylic acids is 2. The van der Waals surface area contributed by atoms with E-state index in [1.807, 2.05) is 31.2 Å². The third-order valence-electron chi connectivity index (χ3n) is 7.62. The Morgan fingerprint density at radius 2 is 1.93 bits per heavy atom. The van der Waals surface area contributed by atoms with Gasteiger partial charge in [0.25, 0.3) is 0 Å². The molecule has 1 saturated carbocycles. The lowest BCUT2D eigenvalue weighted by atomic mass is 9.64. The van der Waals surface area contributed by atoms with Crippen molar-refractivity contribution >= 4 is 17.4 Å². The maximum Gasteiger partial charge on any atom is 0.346 e. The molecule has 30 heavy (non-hydrogen) atoms. The summed E-state index contributed by atoms with van der Waals surface area (Å²) in [4.78, 5) is 31.9. The molecule has 1 spiro atoms. The van der Waals surface area contributed by atoms with Gasteiger partial charge in [-0.05, 0) is 73.7 Å². The molecule has 2 aliphatic carbocycles. The number of allylic oxidation sites excluding steroid dienone is 1. The topological polar surface area (TPSA) is 94.1 Å². The van der Waals surface area contributed by atoms with E-state index in [-0.39, 0.29) is 11.7 Å². The van der Waals surface area contributed by atoms with Crippen LogP contribution in [0.1, 0.15) is 32.3 Å². The van der Waals surface area contributed by atoms with Crippen LogP contribution < -0.4 is 10.2 Å². The van der Waals surface area contributed by atoms with Gasteiger partial charge < -0.3 is 14.6 Å². The Morgan fingerprint density at radius 3 is 2.63 bits per heavy atom. The van der Waals surface area contributed by atoms with Crippen LogP contribution in [0.25, 0.3) is 5.70 Å². The van der Waals surface area contributed by atoms with Crippen molar-refractivity contribution in [2.45, 2.75) is 44.0 Å². The summed E-state index contributed by atoms with van der Waals surface area (Å²) in [5.74, 6) is -0.592. The van der Waals surface area contributed by atoms with E-state index in [9.17, 15) is 14.7 Å². The quantitative estimate of drug-likeness (QED) is 0.720. The van der Waals surface area contributed by atoms with Gasteiger partial charge in [0.1, 0.15) is 17.5 Å². The van der Waals surface area contributed by atoms with Crippen molar-refractivity contribution in [1.82, 2.24) is 5.48 Å². The number of nitrogens with one attached hydrogen (secondary N) is 1. The van der Waals surface area contributed by atoms with Gasteiger partial charge in [0.05, 0.1) is 18.2 Å². The minimum atomic E-state index is -1.36. The lowest BCUT2D eigenvalue weighted by molar-refractivity contribution is -0.169. The third kappa shape index (κ3) is 2.22. The fourth-order valence-electron chi connectivity index (χ4n) is 5.60. The summed E-state index contributed by atoms with van der Waals surface area (Å²) in [6.07, 6.45) is 5.20. The summed E-state index contributed by atoms with van der Waals surface area (Å²) < 4.78 is 11.0. The van der Waals surface area contributed by atoms with Gasteiger partial charge in [-0.1, -0.05) is 6.92 Å². The Bertz CT molecular complexity index is 984. The van der Waals surface area contributed by atoms with Crippen LogP contribution in [0.3, 0.4) is 0 Å². The fraction of sp³-hybridized carbons (Fsp3) is 0.478. The highest BCUT2D eigenvalue weighted by molar-refractivity contribution is 6.01. The van der Waals surface area contributed by atoms with Gasteiger partial charge in [0.2, 0.25) is 5.60 Å². The number of methoxy groups -OCH3 is 1. The van der Waals surface area contributed by atoms with Crippen LogP contribution in [0, 0.1) is 17.3 Å². The Morgan fingerprint density at radius 1 is 1.20 bits per heavy atom. The molecule has 1 unspecified atom stereocenters. The number of hydroxylamine groups is 1. The first-order chi connectivity index (χ1) is 14.3. The smallest absolute Gasteiger partial charge is 0.346 e. The van der Waals surface area contributed by atoms with Gasteiger partial charge in [0.15, 0.2) is 5.78 Å². The molecule has 2 fully saturated rings. The maximum absolute atomic E-state index is 13.1. The van der Waals surface area contributed by atoms with E-state index >= 15 is 0 Å². The molecular weight excluding hydrogens is 386 g/mol. The summed E-state index contributed by atoms with van der Waals surface area (Å²) in [6, 6.07) is 7.40. The standard InChI is InChI=1S/C23H25NO6/c1-13-4-9-16-19(21(2)18(25)10-11-23(13,21)27)29-20(26)22(16)12-17(24-30-22)14-5-7-15(28-3)8-6-14/h5-8,10-13,16,19,24,27H,4,9H2,1-3H3/t13-,16+,19+,21-,22?,23+/m0/s1. The predicted molar refractivity (Wildman–Crippen MR) is 107 cm³/mol. The number of carbonyl (C=O) groups is 2. The molecule has 2 N–H and O–H groups in total. The molecule has 5 rings (SSSR count). The molecule has 0 amide bonds. The van der Waals surface area contributed by atoms with E-state index < -0.39 is 34.6 Å². The number of benzene rings is 1. The molecule has 2 heterocycles. The SMILES string of the molecule is COc1ccc(C2=CC3(ON2)C(=O)O[C@@H]2[C@H]3CC[C@H](C)[C@]3(O)C=CC(=O)[C@@]23C)cc1. The zero-order valence-corrected chi connectivity index (χ0v) is 17.2. The number of hydrogen-bond acceptors (Lipinski definition) is 7. The second-order valence-electron chi connectivity index (χ2n) is 8.92. The normalized spacial score (nSPS) is 41.7. The van der Waals surface area contributed by atoms with Crippen molar-refractivity contribution in [1.29, 1.82) is 0 Å². The van der Waals surface area contributed by atoms with Gasteiger partial charge >= 0.3 is 5.97 Å². The van der Waals surface area contributed by atoms with Crippen molar-refractivity contribution in [2.75, 3.05) is 7.11 Å². The molecular formula is C23H25NO6. The van der Waals surface area contributed by atoms with Crippen LogP contribution in [0.2, 0.25) is 0 Å². The van der Waals surface area contributed by atoms with E-state index in [2.05, 4.69) is 5.48 Å².